The molecule has 0 saturated heterocycles. The van der Waals surface area contributed by atoms with E-state index in [-0.39, 0.29) is 16.2 Å². The maximum Gasteiger partial charge on any atom is 0.268 e. The van der Waals surface area contributed by atoms with Gasteiger partial charge >= 0.3 is 0 Å². The number of allylic oxidation sites excluding steroid dienone is 1. The number of hydrogen-bond donors (Lipinski definition) is 0. The van der Waals surface area contributed by atoms with Gasteiger partial charge in [0.1, 0.15) is 0 Å². The first-order valence-corrected chi connectivity index (χ1v) is 10.0. The molecule has 3 rings (SSSR count). The van der Waals surface area contributed by atoms with E-state index in [9.17, 15) is 13.2 Å². The average Bonchev–Trinajstić information content (AvgIpc) is 2.99. The van der Waals surface area contributed by atoms with E-state index in [1.54, 1.807) is 67.7 Å². The molecule has 0 atom stereocenters. The quantitative estimate of drug-likeness (QED) is 0.476. The molecule has 3 aromatic rings. The van der Waals surface area contributed by atoms with E-state index in [0.717, 1.165) is 9.54 Å². The summed E-state index contributed by atoms with van der Waals surface area (Å²) in [5, 5.41) is 0.921. The molecule has 5 nitrogen and oxygen atoms in total. The summed E-state index contributed by atoms with van der Waals surface area (Å²) in [7, 11) is -0.257. The summed E-state index contributed by atoms with van der Waals surface area (Å²) in [6.07, 6.45) is 4.38. The number of aryl methyl sites for hydroxylation is 1. The van der Waals surface area contributed by atoms with E-state index in [1.807, 2.05) is 6.92 Å². The van der Waals surface area contributed by atoms with Crippen LogP contribution in [0.2, 0.25) is 5.02 Å². The van der Waals surface area contributed by atoms with Gasteiger partial charge in [-0.25, -0.2) is 12.4 Å². The Balaban J connectivity index is 2.22. The second-order valence-electron chi connectivity index (χ2n) is 6.46. The molecule has 0 radical (unpaired) electrons. The van der Waals surface area contributed by atoms with E-state index >= 15 is 0 Å². The summed E-state index contributed by atoms with van der Waals surface area (Å²) in [4.78, 5) is 14.5. The minimum absolute atomic E-state index is 0.155. The molecule has 0 aliphatic heterocycles. The highest BCUT2D eigenvalue weighted by molar-refractivity contribution is 7.90. The van der Waals surface area contributed by atoms with Crippen LogP contribution in [0.1, 0.15) is 15.9 Å². The van der Waals surface area contributed by atoms with E-state index in [4.69, 9.17) is 11.6 Å². The number of nitrogens with zero attached hydrogens (tertiary/aromatic N) is 2. The molecule has 0 fully saturated rings. The summed E-state index contributed by atoms with van der Waals surface area (Å²) in [5.74, 6) is -0.297. The van der Waals surface area contributed by atoms with Crippen LogP contribution in [-0.2, 0) is 10.0 Å². The lowest BCUT2D eigenvalue weighted by atomic mass is 10.1. The monoisotopic (exact) mass is 402 g/mol. The molecule has 1 aromatic heterocycles. The Morgan fingerprint density at radius 3 is 2.41 bits per heavy atom. The summed E-state index contributed by atoms with van der Waals surface area (Å²) in [6, 6.07) is 11.4. The predicted molar refractivity (Wildman–Crippen MR) is 108 cm³/mol. The van der Waals surface area contributed by atoms with Crippen molar-refractivity contribution in [1.29, 1.82) is 0 Å². The fourth-order valence-electron chi connectivity index (χ4n) is 2.70. The molecule has 0 saturated carbocycles. The molecule has 0 aliphatic carbocycles. The van der Waals surface area contributed by atoms with Gasteiger partial charge in [-0.05, 0) is 37.3 Å². The van der Waals surface area contributed by atoms with Gasteiger partial charge in [0, 0.05) is 48.5 Å². The number of hydrogen-bond acceptors (Lipinski definition) is 4. The smallest absolute Gasteiger partial charge is 0.268 e. The zero-order chi connectivity index (χ0) is 19.8. The molecule has 7 heteroatoms. The summed E-state index contributed by atoms with van der Waals surface area (Å²) < 4.78 is 27.4. The van der Waals surface area contributed by atoms with Gasteiger partial charge in [0.15, 0.2) is 5.78 Å². The Bertz CT molecular complexity index is 1140. The molecule has 0 bridgehead atoms. The van der Waals surface area contributed by atoms with Gasteiger partial charge in [0.05, 0.1) is 10.4 Å². The van der Waals surface area contributed by atoms with Crippen molar-refractivity contribution in [2.24, 2.45) is 0 Å². The average molecular weight is 403 g/mol. The molecule has 0 unspecified atom stereocenters. The summed E-state index contributed by atoms with van der Waals surface area (Å²) in [5.41, 5.74) is 1.64. The van der Waals surface area contributed by atoms with E-state index in [0.29, 0.717) is 15.9 Å². The standard InChI is InChI=1S/C20H19ClN2O3S/c1-14-4-7-16(8-5-14)27(25,26)23-13-18(20(24)10-11-22(2)3)17-12-15(21)6-9-19(17)23/h4-13H,1-3H3/b11-10+. The summed E-state index contributed by atoms with van der Waals surface area (Å²) >= 11 is 6.08. The molecule has 0 amide bonds. The van der Waals surface area contributed by atoms with Crippen molar-refractivity contribution >= 4 is 38.3 Å². The molecule has 0 N–H and O–H groups in total. The van der Waals surface area contributed by atoms with Crippen LogP contribution in [0.5, 0.6) is 0 Å². The van der Waals surface area contributed by atoms with E-state index in [1.165, 1.54) is 12.3 Å². The number of ketones is 1. The largest absolute Gasteiger partial charge is 0.383 e. The maximum absolute atomic E-state index is 13.1. The van der Waals surface area contributed by atoms with Crippen LogP contribution >= 0.6 is 11.6 Å². The fraction of sp³-hybridized carbons (Fsp3) is 0.150. The Morgan fingerprint density at radius 2 is 1.78 bits per heavy atom. The molecule has 140 valence electrons. The molecule has 0 spiro atoms. The van der Waals surface area contributed by atoms with Gasteiger partial charge in [-0.3, -0.25) is 4.79 Å². The third-order valence-corrected chi connectivity index (χ3v) is 6.02. The van der Waals surface area contributed by atoms with Gasteiger partial charge in [-0.15, -0.1) is 0 Å². The van der Waals surface area contributed by atoms with Crippen molar-refractivity contribution in [2.75, 3.05) is 14.1 Å². The van der Waals surface area contributed by atoms with Crippen LogP contribution in [0.4, 0.5) is 0 Å². The molecule has 1 heterocycles. The van der Waals surface area contributed by atoms with Crippen LogP contribution in [0.3, 0.4) is 0 Å². The van der Waals surface area contributed by atoms with Crippen molar-refractivity contribution in [3.05, 3.63) is 77.1 Å². The van der Waals surface area contributed by atoms with E-state index in [2.05, 4.69) is 0 Å². The van der Waals surface area contributed by atoms with Crippen molar-refractivity contribution in [3.63, 3.8) is 0 Å². The lowest BCUT2D eigenvalue weighted by Gasteiger charge is -2.08. The predicted octanol–water partition coefficient (Wildman–Crippen LogP) is 4.10. The third-order valence-electron chi connectivity index (χ3n) is 4.10. The minimum Gasteiger partial charge on any atom is -0.383 e. The molecule has 27 heavy (non-hydrogen) atoms. The summed E-state index contributed by atoms with van der Waals surface area (Å²) in [6.45, 7) is 1.89. The topological polar surface area (TPSA) is 59.4 Å². The molecular formula is C20H19ClN2O3S. The zero-order valence-electron chi connectivity index (χ0n) is 15.2. The highest BCUT2D eigenvalue weighted by atomic mass is 35.5. The number of rotatable bonds is 5. The van der Waals surface area contributed by atoms with E-state index < -0.39 is 10.0 Å². The van der Waals surface area contributed by atoms with Gasteiger partial charge in [-0.2, -0.15) is 0 Å². The number of carbonyl (C=O) groups excluding carboxylic acids is 1. The molecule has 0 aliphatic rings. The van der Waals surface area contributed by atoms with Gasteiger partial charge in [0.25, 0.3) is 10.0 Å². The number of fused-ring (bicyclic) bond motifs is 1. The molecule has 2 aromatic carbocycles. The van der Waals surface area contributed by atoms with Crippen LogP contribution in [0.25, 0.3) is 10.9 Å². The van der Waals surface area contributed by atoms with Gasteiger partial charge < -0.3 is 4.90 Å². The first-order valence-electron chi connectivity index (χ1n) is 8.22. The number of benzene rings is 2. The maximum atomic E-state index is 13.1. The van der Waals surface area contributed by atoms with Crippen LogP contribution in [0, 0.1) is 6.92 Å². The lowest BCUT2D eigenvalue weighted by molar-refractivity contribution is 0.104. The van der Waals surface area contributed by atoms with Gasteiger partial charge in [0.2, 0.25) is 0 Å². The highest BCUT2D eigenvalue weighted by Crippen LogP contribution is 2.29. The van der Waals surface area contributed by atoms with Crippen molar-refractivity contribution in [1.82, 2.24) is 8.87 Å². The van der Waals surface area contributed by atoms with Crippen LogP contribution in [-0.4, -0.2) is 37.2 Å². The number of halogens is 1. The Morgan fingerprint density at radius 1 is 1.11 bits per heavy atom. The second-order valence-corrected chi connectivity index (χ2v) is 8.71. The molecular weight excluding hydrogens is 384 g/mol. The number of carbonyl (C=O) groups is 1. The first kappa shape index (κ1) is 19.2. The third kappa shape index (κ3) is 3.77. The lowest BCUT2D eigenvalue weighted by Crippen LogP contribution is -2.12. The van der Waals surface area contributed by atoms with Crippen molar-refractivity contribution < 1.29 is 13.2 Å². The zero-order valence-corrected chi connectivity index (χ0v) is 16.8. The van der Waals surface area contributed by atoms with Gasteiger partial charge in [-0.1, -0.05) is 29.3 Å². The van der Waals surface area contributed by atoms with Crippen molar-refractivity contribution in [2.45, 2.75) is 11.8 Å². The second kappa shape index (κ2) is 7.21. The Labute approximate surface area is 163 Å². The normalized spacial score (nSPS) is 12.0. The minimum atomic E-state index is -3.85. The van der Waals surface area contributed by atoms with Crippen LogP contribution < -0.4 is 0 Å². The van der Waals surface area contributed by atoms with Crippen molar-refractivity contribution in [3.8, 4) is 0 Å². The highest BCUT2D eigenvalue weighted by Gasteiger charge is 2.23. The number of aromatic nitrogens is 1. The fourth-order valence-corrected chi connectivity index (χ4v) is 4.24. The Hall–Kier alpha value is -2.57. The Kier molecular flexibility index (Phi) is 5.13. The first-order chi connectivity index (χ1) is 12.7. The van der Waals surface area contributed by atoms with Crippen LogP contribution in [0.15, 0.2) is 65.8 Å². The SMILES string of the molecule is Cc1ccc(S(=O)(=O)n2cc(C(=O)/C=C/N(C)C)c3cc(Cl)ccc32)cc1.